The smallest absolute Gasteiger partial charge is 0.379 e. The van der Waals surface area contributed by atoms with Crippen LogP contribution in [0.15, 0.2) is 42.5 Å². The van der Waals surface area contributed by atoms with Gasteiger partial charge in [-0.15, -0.1) is 0 Å². The van der Waals surface area contributed by atoms with Crippen molar-refractivity contribution in [1.29, 1.82) is 5.26 Å². The van der Waals surface area contributed by atoms with E-state index in [2.05, 4.69) is 26.1 Å². The van der Waals surface area contributed by atoms with Crippen LogP contribution in [0.4, 0.5) is 24.5 Å². The number of nitrogens with one attached hydrogen (secondary N) is 1. The summed E-state index contributed by atoms with van der Waals surface area (Å²) in [5, 5.41) is 12.7. The van der Waals surface area contributed by atoms with Crippen LogP contribution in [0.25, 0.3) is 0 Å². The minimum absolute atomic E-state index is 0.138. The van der Waals surface area contributed by atoms with E-state index in [0.717, 1.165) is 56.7 Å². The SMILES string of the molecule is N#Cc1ccccc1N1CCN2c3ccc(C(F)(F)F)cc3C[C@@H](C(=O)NCCCN3CCOCC3)[C@@H]2C1. The van der Waals surface area contributed by atoms with Crippen molar-refractivity contribution in [3.05, 3.63) is 59.2 Å². The molecule has 7 nitrogen and oxygen atoms in total. The highest BCUT2D eigenvalue weighted by Gasteiger charge is 2.43. The number of carbonyl (C=O) groups is 1. The van der Waals surface area contributed by atoms with Crippen molar-refractivity contribution < 1.29 is 22.7 Å². The first kappa shape index (κ1) is 26.3. The van der Waals surface area contributed by atoms with Gasteiger partial charge in [0.25, 0.3) is 0 Å². The van der Waals surface area contributed by atoms with E-state index in [1.807, 2.05) is 18.2 Å². The fourth-order valence-corrected chi connectivity index (χ4v) is 5.83. The van der Waals surface area contributed by atoms with Crippen LogP contribution < -0.4 is 15.1 Å². The van der Waals surface area contributed by atoms with Crippen molar-refractivity contribution in [2.24, 2.45) is 5.92 Å². The maximum Gasteiger partial charge on any atom is 0.416 e. The molecule has 5 rings (SSSR count). The Morgan fingerprint density at radius 1 is 1.08 bits per heavy atom. The molecule has 0 unspecified atom stereocenters. The topological polar surface area (TPSA) is 71.8 Å². The fourth-order valence-electron chi connectivity index (χ4n) is 5.83. The summed E-state index contributed by atoms with van der Waals surface area (Å²) in [6, 6.07) is 13.3. The number of rotatable bonds is 6. The minimum Gasteiger partial charge on any atom is -0.379 e. The number of nitriles is 1. The van der Waals surface area contributed by atoms with Gasteiger partial charge in [-0.25, -0.2) is 0 Å². The zero-order chi connectivity index (χ0) is 26.7. The summed E-state index contributed by atoms with van der Waals surface area (Å²) in [5.74, 6) is -0.646. The van der Waals surface area contributed by atoms with Crippen LogP contribution >= 0.6 is 0 Å². The molecule has 1 amide bonds. The number of hydrogen-bond donors (Lipinski definition) is 1. The molecule has 0 bridgehead atoms. The van der Waals surface area contributed by atoms with Crippen molar-refractivity contribution in [3.63, 3.8) is 0 Å². The van der Waals surface area contributed by atoms with Crippen LogP contribution in [-0.2, 0) is 22.1 Å². The third-order valence-corrected chi connectivity index (χ3v) is 7.80. The number of morpholine rings is 1. The maximum atomic E-state index is 13.5. The third kappa shape index (κ3) is 5.59. The summed E-state index contributed by atoms with van der Waals surface area (Å²) in [4.78, 5) is 20.0. The molecule has 2 saturated heterocycles. The van der Waals surface area contributed by atoms with E-state index in [1.54, 1.807) is 12.1 Å². The first-order valence-corrected chi connectivity index (χ1v) is 13.1. The second-order valence-corrected chi connectivity index (χ2v) is 10.1. The molecular formula is C28H32F3N5O2. The summed E-state index contributed by atoms with van der Waals surface area (Å²) in [7, 11) is 0. The number of benzene rings is 2. The lowest BCUT2D eigenvalue weighted by molar-refractivity contribution is -0.137. The van der Waals surface area contributed by atoms with Gasteiger partial charge in [-0.3, -0.25) is 9.69 Å². The van der Waals surface area contributed by atoms with E-state index in [1.165, 1.54) is 6.07 Å². The normalized spacial score (nSPS) is 21.8. The first-order chi connectivity index (χ1) is 18.3. The number of fused-ring (bicyclic) bond motifs is 3. The van der Waals surface area contributed by atoms with Gasteiger partial charge < -0.3 is 19.9 Å². The van der Waals surface area contributed by atoms with Crippen LogP contribution in [-0.4, -0.2) is 75.9 Å². The van der Waals surface area contributed by atoms with E-state index < -0.39 is 17.7 Å². The number of para-hydroxylation sites is 1. The number of carbonyl (C=O) groups excluding carboxylic acids is 1. The third-order valence-electron chi connectivity index (χ3n) is 7.80. The predicted molar refractivity (Wildman–Crippen MR) is 138 cm³/mol. The Bertz CT molecular complexity index is 1190. The predicted octanol–water partition coefficient (Wildman–Crippen LogP) is 3.28. The largest absolute Gasteiger partial charge is 0.416 e. The number of amides is 1. The average Bonchev–Trinajstić information content (AvgIpc) is 2.94. The van der Waals surface area contributed by atoms with Gasteiger partial charge in [-0.05, 0) is 55.3 Å². The lowest BCUT2D eigenvalue weighted by Gasteiger charge is -2.50. The maximum absolute atomic E-state index is 13.5. The van der Waals surface area contributed by atoms with Gasteiger partial charge >= 0.3 is 6.18 Å². The molecule has 2 aromatic rings. The van der Waals surface area contributed by atoms with Gasteiger partial charge in [0.15, 0.2) is 0 Å². The summed E-state index contributed by atoms with van der Waals surface area (Å²) in [6.07, 6.45) is -3.41. The highest BCUT2D eigenvalue weighted by atomic mass is 19.4. The van der Waals surface area contributed by atoms with Crippen LogP contribution in [0.3, 0.4) is 0 Å². The Balaban J connectivity index is 1.35. The van der Waals surface area contributed by atoms with E-state index >= 15 is 0 Å². The molecule has 0 radical (unpaired) electrons. The fraction of sp³-hybridized carbons (Fsp3) is 0.500. The lowest BCUT2D eigenvalue weighted by atomic mass is 9.82. The second-order valence-electron chi connectivity index (χ2n) is 10.1. The van der Waals surface area contributed by atoms with E-state index in [4.69, 9.17) is 4.74 Å². The summed E-state index contributed by atoms with van der Waals surface area (Å²) in [5.41, 5.74) is 2.00. The van der Waals surface area contributed by atoms with E-state index in [0.29, 0.717) is 37.3 Å². The number of alkyl halides is 3. The van der Waals surface area contributed by atoms with Crippen molar-refractivity contribution in [3.8, 4) is 6.07 Å². The monoisotopic (exact) mass is 527 g/mol. The number of piperazine rings is 1. The van der Waals surface area contributed by atoms with E-state index in [-0.39, 0.29) is 18.4 Å². The molecule has 0 aromatic heterocycles. The summed E-state index contributed by atoms with van der Waals surface area (Å²) in [6.45, 7) is 6.22. The van der Waals surface area contributed by atoms with Gasteiger partial charge in [0.1, 0.15) is 6.07 Å². The lowest BCUT2D eigenvalue weighted by Crippen LogP contribution is -2.61. The van der Waals surface area contributed by atoms with Crippen molar-refractivity contribution in [2.45, 2.75) is 25.1 Å². The Kier molecular flexibility index (Phi) is 7.77. The molecule has 2 atom stereocenters. The van der Waals surface area contributed by atoms with Crippen LogP contribution in [0.5, 0.6) is 0 Å². The number of hydrogen-bond acceptors (Lipinski definition) is 6. The van der Waals surface area contributed by atoms with Gasteiger partial charge in [0.2, 0.25) is 5.91 Å². The molecule has 10 heteroatoms. The molecule has 202 valence electrons. The molecule has 3 aliphatic heterocycles. The van der Waals surface area contributed by atoms with Gasteiger partial charge in [0, 0.05) is 45.0 Å². The van der Waals surface area contributed by atoms with Gasteiger partial charge in [-0.2, -0.15) is 18.4 Å². The molecular weight excluding hydrogens is 495 g/mol. The van der Waals surface area contributed by atoms with Crippen molar-refractivity contribution in [1.82, 2.24) is 10.2 Å². The molecule has 0 aliphatic carbocycles. The Labute approximate surface area is 220 Å². The highest BCUT2D eigenvalue weighted by molar-refractivity contribution is 5.82. The van der Waals surface area contributed by atoms with Crippen molar-refractivity contribution in [2.75, 3.05) is 68.8 Å². The zero-order valence-electron chi connectivity index (χ0n) is 21.2. The highest BCUT2D eigenvalue weighted by Crippen LogP contribution is 2.40. The number of halogens is 3. The van der Waals surface area contributed by atoms with Gasteiger partial charge in [-0.1, -0.05) is 12.1 Å². The standard InChI is InChI=1S/C28H32F3N5O2/c29-28(30,31)22-6-7-25-21(16-22)17-23(27(37)33-8-3-9-34-12-14-38-15-13-34)26-19-35(10-11-36(25)26)24-5-2-1-4-20(24)18-32/h1-2,4-7,16,23,26H,3,8-15,17,19H2,(H,33,37)/t23-,26+/m1/s1. The zero-order valence-corrected chi connectivity index (χ0v) is 21.2. The molecule has 1 N–H and O–H groups in total. The van der Waals surface area contributed by atoms with Gasteiger partial charge in [0.05, 0.1) is 42.0 Å². The molecule has 3 heterocycles. The molecule has 3 aliphatic rings. The number of ether oxygens (including phenoxy) is 1. The first-order valence-electron chi connectivity index (χ1n) is 13.1. The van der Waals surface area contributed by atoms with Crippen LogP contribution in [0, 0.1) is 17.2 Å². The van der Waals surface area contributed by atoms with Crippen molar-refractivity contribution >= 4 is 17.3 Å². The van der Waals surface area contributed by atoms with Crippen LogP contribution in [0.1, 0.15) is 23.1 Å². The Hall–Kier alpha value is -3.29. The number of nitrogens with zero attached hydrogens (tertiary/aromatic N) is 4. The number of anilines is 2. The molecule has 0 spiro atoms. The average molecular weight is 528 g/mol. The molecule has 2 fully saturated rings. The molecule has 2 aromatic carbocycles. The van der Waals surface area contributed by atoms with E-state index in [9.17, 15) is 23.2 Å². The summed E-state index contributed by atoms with van der Waals surface area (Å²) >= 11 is 0. The van der Waals surface area contributed by atoms with Crippen LogP contribution in [0.2, 0.25) is 0 Å². The molecule has 38 heavy (non-hydrogen) atoms. The Morgan fingerprint density at radius 2 is 1.87 bits per heavy atom. The quantitative estimate of drug-likeness (QED) is 0.582. The second kappa shape index (κ2) is 11.2. The Morgan fingerprint density at radius 3 is 2.63 bits per heavy atom. The molecule has 0 saturated carbocycles. The summed E-state index contributed by atoms with van der Waals surface area (Å²) < 4.78 is 45.8. The minimum atomic E-state index is -4.44.